The topological polar surface area (TPSA) is 102 Å². The molecule has 1 fully saturated rings. The Bertz CT molecular complexity index is 681. The van der Waals surface area contributed by atoms with Crippen molar-refractivity contribution >= 4 is 11.8 Å². The summed E-state index contributed by atoms with van der Waals surface area (Å²) < 4.78 is 39.7. The standard InChI is InChI=1S/C14H12F3N3O3/c1-7(21)10-11(9-4-2-8(6-18)3-5-9)19-12(22)20-13(10,23)14(15,16)17/h2-5,10-11,23H,1H3,(H2,19,20,22)/t10-,11+,13-/m1/s1. The Morgan fingerprint density at radius 1 is 1.35 bits per heavy atom. The summed E-state index contributed by atoms with van der Waals surface area (Å²) in [5, 5.41) is 22.3. The lowest BCUT2D eigenvalue weighted by Crippen LogP contribution is -2.72. The minimum Gasteiger partial charge on any atom is -0.363 e. The molecule has 1 aliphatic heterocycles. The monoisotopic (exact) mass is 327 g/mol. The van der Waals surface area contributed by atoms with E-state index in [0.29, 0.717) is 0 Å². The zero-order valence-electron chi connectivity index (χ0n) is 11.8. The predicted molar refractivity (Wildman–Crippen MR) is 70.7 cm³/mol. The van der Waals surface area contributed by atoms with E-state index < -0.39 is 35.7 Å². The first-order chi connectivity index (χ1) is 10.6. The van der Waals surface area contributed by atoms with Crippen LogP contribution in [0.25, 0.3) is 0 Å². The first-order valence-electron chi connectivity index (χ1n) is 6.48. The third-order valence-electron chi connectivity index (χ3n) is 3.64. The van der Waals surface area contributed by atoms with Crippen molar-refractivity contribution in [1.29, 1.82) is 5.26 Å². The number of carbonyl (C=O) groups excluding carboxylic acids is 2. The molecule has 122 valence electrons. The van der Waals surface area contributed by atoms with Crippen LogP contribution in [0.3, 0.4) is 0 Å². The number of amides is 2. The van der Waals surface area contributed by atoms with Gasteiger partial charge in [0.05, 0.1) is 23.6 Å². The van der Waals surface area contributed by atoms with Crippen LogP contribution < -0.4 is 10.6 Å². The Morgan fingerprint density at radius 3 is 2.35 bits per heavy atom. The van der Waals surface area contributed by atoms with Crippen molar-refractivity contribution in [3.63, 3.8) is 0 Å². The van der Waals surface area contributed by atoms with Crippen LogP contribution in [0.1, 0.15) is 24.1 Å². The van der Waals surface area contributed by atoms with Gasteiger partial charge in [-0.3, -0.25) is 4.79 Å². The van der Waals surface area contributed by atoms with Crippen LogP contribution in [0, 0.1) is 17.2 Å². The Morgan fingerprint density at radius 2 is 1.91 bits per heavy atom. The maximum absolute atomic E-state index is 13.2. The van der Waals surface area contributed by atoms with Crippen LogP contribution in [-0.4, -0.2) is 28.8 Å². The van der Waals surface area contributed by atoms with Gasteiger partial charge < -0.3 is 15.7 Å². The second-order valence-corrected chi connectivity index (χ2v) is 5.16. The molecular weight excluding hydrogens is 315 g/mol. The van der Waals surface area contributed by atoms with Crippen LogP contribution in [0.4, 0.5) is 18.0 Å². The Balaban J connectivity index is 2.53. The first-order valence-corrected chi connectivity index (χ1v) is 6.48. The van der Waals surface area contributed by atoms with Gasteiger partial charge in [0, 0.05) is 0 Å². The third-order valence-corrected chi connectivity index (χ3v) is 3.64. The molecule has 0 unspecified atom stereocenters. The van der Waals surface area contributed by atoms with E-state index in [0.717, 1.165) is 6.92 Å². The summed E-state index contributed by atoms with van der Waals surface area (Å²) in [6.07, 6.45) is -5.24. The average Bonchev–Trinajstić information content (AvgIpc) is 2.45. The number of alkyl halides is 3. The number of Topliss-reactive ketones (excluding diaryl/α,β-unsaturated/α-hetero) is 1. The molecule has 2 rings (SSSR count). The van der Waals surface area contributed by atoms with Gasteiger partial charge in [-0.1, -0.05) is 12.1 Å². The maximum Gasteiger partial charge on any atom is 0.437 e. The largest absolute Gasteiger partial charge is 0.437 e. The normalized spacial score (nSPS) is 27.6. The van der Waals surface area contributed by atoms with Gasteiger partial charge in [0.2, 0.25) is 5.72 Å². The summed E-state index contributed by atoms with van der Waals surface area (Å²) >= 11 is 0. The lowest BCUT2D eigenvalue weighted by atomic mass is 9.79. The highest BCUT2D eigenvalue weighted by Gasteiger charge is 2.65. The van der Waals surface area contributed by atoms with Crippen LogP contribution in [0.15, 0.2) is 24.3 Å². The zero-order chi connectivity index (χ0) is 17.4. The molecule has 0 radical (unpaired) electrons. The average molecular weight is 327 g/mol. The van der Waals surface area contributed by atoms with Crippen LogP contribution >= 0.6 is 0 Å². The molecule has 0 bridgehead atoms. The van der Waals surface area contributed by atoms with E-state index in [2.05, 4.69) is 5.32 Å². The van der Waals surface area contributed by atoms with E-state index in [9.17, 15) is 27.9 Å². The number of hydrogen-bond acceptors (Lipinski definition) is 4. The number of nitrogens with one attached hydrogen (secondary N) is 2. The second kappa shape index (κ2) is 5.55. The molecule has 1 heterocycles. The molecule has 23 heavy (non-hydrogen) atoms. The smallest absolute Gasteiger partial charge is 0.363 e. The van der Waals surface area contributed by atoms with E-state index in [1.165, 1.54) is 29.6 Å². The Labute approximate surface area is 128 Å². The number of urea groups is 1. The van der Waals surface area contributed by atoms with Crippen molar-refractivity contribution in [2.75, 3.05) is 0 Å². The molecule has 0 spiro atoms. The van der Waals surface area contributed by atoms with Gasteiger partial charge in [-0.25, -0.2) is 4.79 Å². The molecule has 1 aromatic rings. The molecule has 2 amide bonds. The summed E-state index contributed by atoms with van der Waals surface area (Å²) in [7, 11) is 0. The maximum atomic E-state index is 13.2. The molecule has 1 aliphatic rings. The zero-order valence-corrected chi connectivity index (χ0v) is 11.8. The number of ketones is 1. The molecule has 0 aromatic heterocycles. The molecule has 9 heteroatoms. The van der Waals surface area contributed by atoms with Crippen molar-refractivity contribution in [2.24, 2.45) is 5.92 Å². The first kappa shape index (κ1) is 16.8. The molecule has 6 nitrogen and oxygen atoms in total. The number of nitrogens with zero attached hydrogens (tertiary/aromatic N) is 1. The molecule has 3 N–H and O–H groups in total. The van der Waals surface area contributed by atoms with Gasteiger partial charge in [0.25, 0.3) is 0 Å². The summed E-state index contributed by atoms with van der Waals surface area (Å²) in [6.45, 7) is 0.900. The van der Waals surface area contributed by atoms with Gasteiger partial charge in [0.15, 0.2) is 0 Å². The summed E-state index contributed by atoms with van der Waals surface area (Å²) in [6, 6.07) is 4.53. The molecule has 3 atom stereocenters. The highest BCUT2D eigenvalue weighted by Crippen LogP contribution is 2.42. The van der Waals surface area contributed by atoms with Crippen molar-refractivity contribution in [1.82, 2.24) is 10.6 Å². The number of aliphatic hydroxyl groups is 1. The summed E-state index contributed by atoms with van der Waals surface area (Å²) in [5.41, 5.74) is -3.25. The number of benzene rings is 1. The fraction of sp³-hybridized carbons (Fsp3) is 0.357. The number of rotatable bonds is 2. The minimum atomic E-state index is -5.24. The highest BCUT2D eigenvalue weighted by atomic mass is 19.4. The van der Waals surface area contributed by atoms with E-state index in [1.54, 1.807) is 0 Å². The van der Waals surface area contributed by atoms with Crippen LogP contribution in [0.2, 0.25) is 0 Å². The molecule has 0 saturated carbocycles. The van der Waals surface area contributed by atoms with Gasteiger partial charge in [-0.15, -0.1) is 0 Å². The summed E-state index contributed by atoms with van der Waals surface area (Å²) in [5.74, 6) is -2.93. The fourth-order valence-corrected chi connectivity index (χ4v) is 2.57. The van der Waals surface area contributed by atoms with E-state index in [4.69, 9.17) is 5.26 Å². The van der Waals surface area contributed by atoms with E-state index >= 15 is 0 Å². The van der Waals surface area contributed by atoms with Gasteiger partial charge in [0.1, 0.15) is 5.78 Å². The van der Waals surface area contributed by atoms with Gasteiger partial charge in [-0.05, 0) is 24.6 Å². The Hall–Kier alpha value is -2.60. The molecule has 0 aliphatic carbocycles. The summed E-state index contributed by atoms with van der Waals surface area (Å²) in [4.78, 5) is 23.3. The number of nitriles is 1. The molecule has 1 saturated heterocycles. The van der Waals surface area contributed by atoms with Gasteiger partial charge >= 0.3 is 12.2 Å². The van der Waals surface area contributed by atoms with Gasteiger partial charge in [-0.2, -0.15) is 18.4 Å². The second-order valence-electron chi connectivity index (χ2n) is 5.16. The minimum absolute atomic E-state index is 0.168. The van der Waals surface area contributed by atoms with Crippen molar-refractivity contribution in [3.8, 4) is 6.07 Å². The Kier molecular flexibility index (Phi) is 4.05. The number of hydrogen-bond donors (Lipinski definition) is 3. The molecule has 1 aromatic carbocycles. The SMILES string of the molecule is CC(=O)[C@@H]1[C@H](c2ccc(C#N)cc2)NC(=O)N[C@]1(O)C(F)(F)F. The van der Waals surface area contributed by atoms with E-state index in [-0.39, 0.29) is 11.1 Å². The highest BCUT2D eigenvalue weighted by molar-refractivity contribution is 5.86. The van der Waals surface area contributed by atoms with E-state index in [1.807, 2.05) is 6.07 Å². The fourth-order valence-electron chi connectivity index (χ4n) is 2.57. The van der Waals surface area contributed by atoms with Crippen LogP contribution in [-0.2, 0) is 4.79 Å². The van der Waals surface area contributed by atoms with Crippen molar-refractivity contribution in [3.05, 3.63) is 35.4 Å². The van der Waals surface area contributed by atoms with Crippen LogP contribution in [0.5, 0.6) is 0 Å². The van der Waals surface area contributed by atoms with Crippen molar-refractivity contribution < 1.29 is 27.9 Å². The third kappa shape index (κ3) is 2.85. The predicted octanol–water partition coefficient (Wildman–Crippen LogP) is 1.37. The van der Waals surface area contributed by atoms with Crippen molar-refractivity contribution in [2.45, 2.75) is 24.9 Å². The molecular formula is C14H12F3N3O3. The lowest BCUT2D eigenvalue weighted by molar-refractivity contribution is -0.290. The lowest BCUT2D eigenvalue weighted by Gasteiger charge is -2.44. The number of carbonyl (C=O) groups is 2. The quantitative estimate of drug-likeness (QED) is 0.763. The number of halogens is 3.